The molecular weight excluding hydrogens is 200 g/mol. The summed E-state index contributed by atoms with van der Waals surface area (Å²) in [5.41, 5.74) is 7.14. The number of rotatable bonds is 0. The van der Waals surface area contributed by atoms with Crippen LogP contribution in [0.4, 0.5) is 0 Å². The van der Waals surface area contributed by atoms with Crippen molar-refractivity contribution in [3.05, 3.63) is 33.9 Å². The van der Waals surface area contributed by atoms with Gasteiger partial charge in [-0.05, 0) is 68.7 Å². The molecule has 0 aromatic heterocycles. The number of thiol groups is 1. The molecule has 0 bridgehead atoms. The Morgan fingerprint density at radius 1 is 0.667 bits per heavy atom. The van der Waals surface area contributed by atoms with Crippen molar-refractivity contribution in [2.24, 2.45) is 0 Å². The van der Waals surface area contributed by atoms with Crippen LogP contribution in [0.1, 0.15) is 41.7 Å². The van der Waals surface area contributed by atoms with Gasteiger partial charge in [0.25, 0.3) is 0 Å². The molecule has 0 nitrogen and oxygen atoms in total. The van der Waals surface area contributed by atoms with Gasteiger partial charge >= 0.3 is 0 Å². The van der Waals surface area contributed by atoms with Crippen LogP contribution in [0.15, 0.2) is 6.07 Å². The van der Waals surface area contributed by atoms with Crippen LogP contribution in [0.2, 0.25) is 0 Å². The summed E-state index contributed by atoms with van der Waals surface area (Å²) in [6.07, 6.45) is 1.69. The maximum Gasteiger partial charge on any atom is -0.0215 e. The number of hydrogen-bond donors (Lipinski definition) is 1. The van der Waals surface area contributed by atoms with E-state index in [9.17, 15) is 0 Å². The Hall–Kier alpha value is -0.430. The van der Waals surface area contributed by atoms with E-state index >= 15 is 0 Å². The minimum absolute atomic E-state index is 1.41. The molecule has 1 aromatic rings. The second kappa shape index (κ2) is 8.84. The lowest BCUT2D eigenvalue weighted by Crippen LogP contribution is -1.93. The first kappa shape index (κ1) is 17.0. The van der Waals surface area contributed by atoms with Crippen molar-refractivity contribution < 1.29 is 0 Å². The molecule has 88 valence electrons. The monoisotopic (exact) mass is 226 g/mol. The molecule has 1 heteroatoms. The highest BCUT2D eigenvalue weighted by Crippen LogP contribution is 2.19. The normalized spacial score (nSPS) is 8.33. The van der Waals surface area contributed by atoms with Crippen molar-refractivity contribution in [2.45, 2.75) is 48.5 Å². The molecule has 0 amide bonds. The van der Waals surface area contributed by atoms with E-state index in [1.165, 1.54) is 27.8 Å². The minimum atomic E-state index is 1.41. The summed E-state index contributed by atoms with van der Waals surface area (Å²) < 4.78 is 0. The van der Waals surface area contributed by atoms with E-state index in [4.69, 9.17) is 0 Å². The molecule has 1 rings (SSSR count). The second-order valence-corrected chi connectivity index (χ2v) is 3.39. The summed E-state index contributed by atoms with van der Waals surface area (Å²) in [5, 5.41) is 0. The Balaban J connectivity index is 0. The molecule has 0 spiro atoms. The van der Waals surface area contributed by atoms with Gasteiger partial charge in [-0.3, -0.25) is 0 Å². The van der Waals surface area contributed by atoms with E-state index in [1.807, 2.05) is 13.8 Å². The van der Waals surface area contributed by atoms with Crippen LogP contribution in [-0.4, -0.2) is 6.26 Å². The van der Waals surface area contributed by atoms with Crippen LogP contribution in [0, 0.1) is 34.6 Å². The summed E-state index contributed by atoms with van der Waals surface area (Å²) in [6, 6.07) is 2.26. The third kappa shape index (κ3) is 4.74. The maximum absolute atomic E-state index is 3.53. The molecule has 0 aliphatic carbocycles. The van der Waals surface area contributed by atoms with Gasteiger partial charge in [0, 0.05) is 0 Å². The van der Waals surface area contributed by atoms with E-state index < -0.39 is 0 Å². The SMILES string of the molecule is CC.CS.Cc1cc(C)c(C)c(C)c1C. The summed E-state index contributed by atoms with van der Waals surface area (Å²) in [5.74, 6) is 0. The van der Waals surface area contributed by atoms with Gasteiger partial charge in [0.05, 0.1) is 0 Å². The molecule has 0 fully saturated rings. The van der Waals surface area contributed by atoms with Gasteiger partial charge in [-0.25, -0.2) is 0 Å². The molecule has 0 aliphatic rings. The first-order valence-corrected chi connectivity index (χ1v) is 6.42. The standard InChI is InChI=1S/C11H16.C2H6.CH4S/c1-7-6-8(2)10(4)11(5)9(7)3;2*1-2/h6H,1-5H3;1-2H3;2H,1H3. The van der Waals surface area contributed by atoms with E-state index in [2.05, 4.69) is 53.3 Å². The highest BCUT2D eigenvalue weighted by Gasteiger charge is 2.02. The van der Waals surface area contributed by atoms with Gasteiger partial charge in [0.15, 0.2) is 0 Å². The van der Waals surface area contributed by atoms with Crippen LogP contribution in [0.25, 0.3) is 0 Å². The molecule has 0 N–H and O–H groups in total. The third-order valence-electron chi connectivity index (χ3n) is 2.74. The lowest BCUT2D eigenvalue weighted by atomic mass is 9.96. The summed E-state index contributed by atoms with van der Waals surface area (Å²) in [6.45, 7) is 14.9. The Bertz CT molecular complexity index is 262. The van der Waals surface area contributed by atoms with Gasteiger partial charge in [0.1, 0.15) is 0 Å². The first-order chi connectivity index (χ1) is 7.04. The average molecular weight is 226 g/mol. The minimum Gasteiger partial charge on any atom is -0.183 e. The Labute approximate surface area is 102 Å². The van der Waals surface area contributed by atoms with Crippen molar-refractivity contribution in [1.82, 2.24) is 0 Å². The van der Waals surface area contributed by atoms with E-state index in [0.717, 1.165) is 0 Å². The fourth-order valence-corrected chi connectivity index (χ4v) is 1.41. The van der Waals surface area contributed by atoms with Crippen molar-refractivity contribution in [2.75, 3.05) is 6.26 Å². The number of aryl methyl sites for hydroxylation is 2. The predicted molar refractivity (Wildman–Crippen MR) is 76.4 cm³/mol. The van der Waals surface area contributed by atoms with E-state index in [1.54, 1.807) is 6.26 Å². The van der Waals surface area contributed by atoms with Crippen LogP contribution in [0.5, 0.6) is 0 Å². The molecule has 1 aromatic carbocycles. The second-order valence-electron chi connectivity index (χ2n) is 3.39. The fraction of sp³-hybridized carbons (Fsp3) is 0.571. The zero-order chi connectivity index (χ0) is 12.6. The molecular formula is C14H26S. The maximum atomic E-state index is 3.53. The lowest BCUT2D eigenvalue weighted by Gasteiger charge is -2.10. The zero-order valence-corrected chi connectivity index (χ0v) is 12.4. The predicted octanol–water partition coefficient (Wildman–Crippen LogP) is 4.80. The van der Waals surface area contributed by atoms with Gasteiger partial charge in [-0.1, -0.05) is 19.9 Å². The smallest absolute Gasteiger partial charge is 0.0215 e. The quantitative estimate of drug-likeness (QED) is 0.604. The van der Waals surface area contributed by atoms with Crippen LogP contribution >= 0.6 is 12.6 Å². The molecule has 0 aliphatic heterocycles. The number of benzene rings is 1. The van der Waals surface area contributed by atoms with Gasteiger partial charge < -0.3 is 0 Å². The van der Waals surface area contributed by atoms with Gasteiger partial charge in [0.2, 0.25) is 0 Å². The Morgan fingerprint density at radius 2 is 0.933 bits per heavy atom. The number of hydrogen-bond acceptors (Lipinski definition) is 1. The van der Waals surface area contributed by atoms with Crippen molar-refractivity contribution >= 4 is 12.6 Å². The molecule has 0 radical (unpaired) electrons. The van der Waals surface area contributed by atoms with Gasteiger partial charge in [-0.15, -0.1) is 0 Å². The Kier molecular flexibility index (Phi) is 10.0. The lowest BCUT2D eigenvalue weighted by molar-refractivity contribution is 1.18. The van der Waals surface area contributed by atoms with Gasteiger partial charge in [-0.2, -0.15) is 12.6 Å². The highest BCUT2D eigenvalue weighted by atomic mass is 32.1. The van der Waals surface area contributed by atoms with Crippen molar-refractivity contribution in [1.29, 1.82) is 0 Å². The molecule has 15 heavy (non-hydrogen) atoms. The van der Waals surface area contributed by atoms with E-state index in [-0.39, 0.29) is 0 Å². The van der Waals surface area contributed by atoms with E-state index in [0.29, 0.717) is 0 Å². The average Bonchev–Trinajstić information content (AvgIpc) is 2.29. The zero-order valence-electron chi connectivity index (χ0n) is 11.5. The molecule has 0 heterocycles. The molecule has 0 unspecified atom stereocenters. The Morgan fingerprint density at radius 3 is 1.20 bits per heavy atom. The topological polar surface area (TPSA) is 0 Å². The van der Waals surface area contributed by atoms with Crippen molar-refractivity contribution in [3.8, 4) is 0 Å². The largest absolute Gasteiger partial charge is 0.183 e. The van der Waals surface area contributed by atoms with Crippen LogP contribution < -0.4 is 0 Å². The van der Waals surface area contributed by atoms with Crippen LogP contribution in [0.3, 0.4) is 0 Å². The summed E-state index contributed by atoms with van der Waals surface area (Å²) >= 11 is 3.53. The summed E-state index contributed by atoms with van der Waals surface area (Å²) in [7, 11) is 0. The highest BCUT2D eigenvalue weighted by molar-refractivity contribution is 7.79. The summed E-state index contributed by atoms with van der Waals surface area (Å²) in [4.78, 5) is 0. The third-order valence-corrected chi connectivity index (χ3v) is 2.74. The molecule has 0 atom stereocenters. The first-order valence-electron chi connectivity index (χ1n) is 5.52. The van der Waals surface area contributed by atoms with Crippen LogP contribution in [-0.2, 0) is 0 Å². The van der Waals surface area contributed by atoms with Crippen molar-refractivity contribution in [3.63, 3.8) is 0 Å². The fourth-order valence-electron chi connectivity index (χ4n) is 1.41. The molecule has 0 saturated carbocycles. The molecule has 0 saturated heterocycles.